The molecule has 0 atom stereocenters. The van der Waals surface area contributed by atoms with E-state index in [1.54, 1.807) is 5.92 Å². The molecule has 0 unspecified atom stereocenters. The Kier molecular flexibility index (Phi) is 6.63. The molecule has 0 aliphatic heterocycles. The van der Waals surface area contributed by atoms with Crippen LogP contribution in [0.3, 0.4) is 0 Å². The Morgan fingerprint density at radius 1 is 1.40 bits per heavy atom. The van der Waals surface area contributed by atoms with E-state index in [1.807, 2.05) is 0 Å². The van der Waals surface area contributed by atoms with Crippen LogP contribution in [-0.4, -0.2) is 13.2 Å². The third kappa shape index (κ3) is 5.35. The fraction of sp³-hybridized carbons (Fsp3) is 0.875. The average Bonchev–Trinajstić information content (AvgIpc) is 2.63. The van der Waals surface area contributed by atoms with E-state index < -0.39 is 0 Å². The summed E-state index contributed by atoms with van der Waals surface area (Å²) in [4.78, 5) is 0. The van der Waals surface area contributed by atoms with Gasteiger partial charge in [0.15, 0.2) is 0 Å². The third-order valence-corrected chi connectivity index (χ3v) is 1.55. The summed E-state index contributed by atoms with van der Waals surface area (Å²) in [6.45, 7) is 4.09. The van der Waals surface area contributed by atoms with Gasteiger partial charge in [0.05, 0.1) is 0 Å². The van der Waals surface area contributed by atoms with E-state index in [0.29, 0.717) is 0 Å². The predicted octanol–water partition coefficient (Wildman–Crippen LogP) is -0.825. The number of unbranched alkanes of at least 4 members (excludes halogenated alkanes) is 1. The van der Waals surface area contributed by atoms with E-state index in [4.69, 9.17) is 4.74 Å². The van der Waals surface area contributed by atoms with Crippen molar-refractivity contribution in [1.29, 1.82) is 0 Å². The van der Waals surface area contributed by atoms with E-state index in [1.165, 1.54) is 25.7 Å². The van der Waals surface area contributed by atoms with Crippen molar-refractivity contribution >= 4 is 0 Å². The van der Waals surface area contributed by atoms with Crippen LogP contribution in [0.15, 0.2) is 0 Å². The Labute approximate surface area is 75.7 Å². The van der Waals surface area contributed by atoms with Gasteiger partial charge in [0, 0.05) is 6.61 Å². The van der Waals surface area contributed by atoms with E-state index in [9.17, 15) is 0 Å². The van der Waals surface area contributed by atoms with E-state index in [0.717, 1.165) is 13.2 Å². The molecule has 10 heavy (non-hydrogen) atoms. The summed E-state index contributed by atoms with van der Waals surface area (Å²) < 4.78 is 5.36. The van der Waals surface area contributed by atoms with Gasteiger partial charge < -0.3 is 4.74 Å². The number of hydrogen-bond donors (Lipinski definition) is 0. The normalized spacial score (nSPS) is 16.5. The van der Waals surface area contributed by atoms with Gasteiger partial charge in [0.25, 0.3) is 0 Å². The van der Waals surface area contributed by atoms with Crippen molar-refractivity contribution in [2.24, 2.45) is 0 Å². The molecule has 1 nitrogen and oxygen atoms in total. The second-order valence-corrected chi connectivity index (χ2v) is 2.66. The molecule has 0 aromatic heterocycles. The van der Waals surface area contributed by atoms with Crippen LogP contribution >= 0.6 is 0 Å². The van der Waals surface area contributed by atoms with Gasteiger partial charge in [-0.3, -0.25) is 5.92 Å². The van der Waals surface area contributed by atoms with Crippen LogP contribution in [0.4, 0.5) is 0 Å². The molecule has 0 aromatic carbocycles. The molecule has 1 fully saturated rings. The van der Waals surface area contributed by atoms with Crippen molar-refractivity contribution in [3.05, 3.63) is 5.92 Å². The fourth-order valence-electron chi connectivity index (χ4n) is 0.696. The molecule has 54 valence electrons. The average molecular weight is 134 g/mol. The Morgan fingerprint density at radius 3 is 2.60 bits per heavy atom. The minimum absolute atomic E-state index is 0. The summed E-state index contributed by atoms with van der Waals surface area (Å²) >= 11 is 0. The van der Waals surface area contributed by atoms with Crippen molar-refractivity contribution in [2.45, 2.75) is 32.6 Å². The van der Waals surface area contributed by atoms with Gasteiger partial charge in [-0.1, -0.05) is 20.0 Å². The summed E-state index contributed by atoms with van der Waals surface area (Å²) in [7, 11) is 0. The summed E-state index contributed by atoms with van der Waals surface area (Å²) in [5.41, 5.74) is 0. The second kappa shape index (κ2) is 6.28. The molecule has 0 heterocycles. The third-order valence-electron chi connectivity index (χ3n) is 1.55. The zero-order valence-corrected chi connectivity index (χ0v) is 7.15. The molecule has 2 heteroatoms. The first kappa shape index (κ1) is 10.6. The number of rotatable bonds is 5. The van der Waals surface area contributed by atoms with Gasteiger partial charge in [-0.2, -0.15) is 0 Å². The van der Waals surface area contributed by atoms with Gasteiger partial charge in [-0.25, -0.2) is 12.8 Å². The maximum absolute atomic E-state index is 5.36. The van der Waals surface area contributed by atoms with Crippen LogP contribution in [0, 0.1) is 5.92 Å². The second-order valence-electron chi connectivity index (χ2n) is 2.66. The summed E-state index contributed by atoms with van der Waals surface area (Å²) in [6, 6.07) is 0. The van der Waals surface area contributed by atoms with Crippen molar-refractivity contribution < 1.29 is 23.6 Å². The van der Waals surface area contributed by atoms with Crippen LogP contribution in [-0.2, 0) is 4.74 Å². The fourth-order valence-corrected chi connectivity index (χ4v) is 0.696. The molecule has 0 amide bonds. The standard InChI is InChI=1S/C8H15O.Li/c1-2-3-6-9-7-8-4-5-8;/h2-7H2,1H3;/q-1;+1. The first-order valence-corrected chi connectivity index (χ1v) is 3.85. The Balaban J connectivity index is 0.000000810. The molecular formula is C8H15LiO. The smallest absolute Gasteiger partial charge is 0.413 e. The van der Waals surface area contributed by atoms with E-state index in [-0.39, 0.29) is 18.9 Å². The number of ether oxygens (including phenoxy) is 1. The van der Waals surface area contributed by atoms with Crippen LogP contribution < -0.4 is 18.9 Å². The first-order valence-electron chi connectivity index (χ1n) is 3.85. The van der Waals surface area contributed by atoms with Gasteiger partial charge in [-0.05, 0) is 6.42 Å². The first-order chi connectivity index (χ1) is 4.43. The minimum atomic E-state index is 0. The van der Waals surface area contributed by atoms with Gasteiger partial charge in [-0.15, -0.1) is 0 Å². The molecule has 1 rings (SSSR count). The molecule has 0 spiro atoms. The number of hydrogen-bond acceptors (Lipinski definition) is 1. The molecular weight excluding hydrogens is 119 g/mol. The summed E-state index contributed by atoms with van der Waals surface area (Å²) in [5.74, 6) is 1.60. The Bertz CT molecular complexity index is 71.7. The zero-order chi connectivity index (χ0) is 6.53. The van der Waals surface area contributed by atoms with Gasteiger partial charge in [0.1, 0.15) is 0 Å². The minimum Gasteiger partial charge on any atom is -0.413 e. The van der Waals surface area contributed by atoms with E-state index in [2.05, 4.69) is 6.92 Å². The van der Waals surface area contributed by atoms with Gasteiger partial charge in [0.2, 0.25) is 0 Å². The molecule has 0 aromatic rings. The van der Waals surface area contributed by atoms with Gasteiger partial charge >= 0.3 is 18.9 Å². The SMILES string of the molecule is CCCCOC[C-]1CC1.[Li+]. The molecule has 0 saturated heterocycles. The van der Waals surface area contributed by atoms with Crippen LogP contribution in [0.5, 0.6) is 0 Å². The monoisotopic (exact) mass is 134 g/mol. The van der Waals surface area contributed by atoms with Crippen molar-refractivity contribution in [3.63, 3.8) is 0 Å². The summed E-state index contributed by atoms with van der Waals surface area (Å²) in [5, 5.41) is 0. The molecule has 1 aliphatic carbocycles. The maximum Gasteiger partial charge on any atom is 1.00 e. The van der Waals surface area contributed by atoms with Crippen LogP contribution in [0.2, 0.25) is 0 Å². The Hall–Kier alpha value is 0.557. The molecule has 1 aliphatic rings. The molecule has 1 saturated carbocycles. The summed E-state index contributed by atoms with van der Waals surface area (Å²) in [6.07, 6.45) is 5.11. The van der Waals surface area contributed by atoms with E-state index >= 15 is 0 Å². The quantitative estimate of drug-likeness (QED) is 0.271. The van der Waals surface area contributed by atoms with Crippen LogP contribution in [0.1, 0.15) is 32.6 Å². The van der Waals surface area contributed by atoms with Crippen molar-refractivity contribution in [2.75, 3.05) is 13.2 Å². The van der Waals surface area contributed by atoms with Crippen molar-refractivity contribution in [1.82, 2.24) is 0 Å². The molecule has 0 bridgehead atoms. The predicted molar refractivity (Wildman–Crippen MR) is 38.2 cm³/mol. The Morgan fingerprint density at radius 2 is 2.10 bits per heavy atom. The largest absolute Gasteiger partial charge is 1.00 e. The topological polar surface area (TPSA) is 9.23 Å². The zero-order valence-electron chi connectivity index (χ0n) is 7.15. The van der Waals surface area contributed by atoms with Crippen LogP contribution in [0.25, 0.3) is 0 Å². The molecule has 0 radical (unpaired) electrons. The maximum atomic E-state index is 5.36. The van der Waals surface area contributed by atoms with Crippen molar-refractivity contribution in [3.8, 4) is 0 Å². The molecule has 0 N–H and O–H groups in total.